The summed E-state index contributed by atoms with van der Waals surface area (Å²) in [6.07, 6.45) is 3.67. The summed E-state index contributed by atoms with van der Waals surface area (Å²) in [4.78, 5) is 48.0. The zero-order valence-electron chi connectivity index (χ0n) is 11.0. The maximum Gasteiger partial charge on any atom is 0.325 e. The van der Waals surface area contributed by atoms with Crippen LogP contribution in [0.1, 0.15) is 5.56 Å². The highest BCUT2D eigenvalue weighted by atomic mass is 16.6. The van der Waals surface area contributed by atoms with Crippen LogP contribution in [0.2, 0.25) is 0 Å². The molecule has 0 unspecified atom stereocenters. The number of benzene rings is 1. The highest BCUT2D eigenvalue weighted by molar-refractivity contribution is 6.01. The van der Waals surface area contributed by atoms with Crippen molar-refractivity contribution in [3.8, 4) is 0 Å². The van der Waals surface area contributed by atoms with Crippen molar-refractivity contribution in [2.24, 2.45) is 0 Å². The predicted molar refractivity (Wildman–Crippen MR) is 78.4 cm³/mol. The lowest BCUT2D eigenvalue weighted by Gasteiger charge is -1.99. The van der Waals surface area contributed by atoms with E-state index in [0.29, 0.717) is 5.56 Å². The topological polar surface area (TPSA) is 138 Å². The number of hydrogen-bond donors (Lipinski definition) is 3. The molecular weight excluding hydrogens is 292 g/mol. The number of hydrogen-bond acceptors (Lipinski definition) is 5. The molecule has 0 atom stereocenters. The van der Waals surface area contributed by atoms with E-state index in [1.807, 2.05) is 4.98 Å². The second-order valence-electron chi connectivity index (χ2n) is 4.16. The van der Waals surface area contributed by atoms with Crippen molar-refractivity contribution in [2.75, 3.05) is 5.32 Å². The van der Waals surface area contributed by atoms with Gasteiger partial charge < -0.3 is 10.3 Å². The number of rotatable bonds is 4. The number of anilines is 1. The molecule has 0 saturated heterocycles. The van der Waals surface area contributed by atoms with Gasteiger partial charge in [0.05, 0.1) is 4.92 Å². The summed E-state index contributed by atoms with van der Waals surface area (Å²) >= 11 is 0. The van der Waals surface area contributed by atoms with Crippen LogP contribution in [0.3, 0.4) is 0 Å². The molecule has 1 aromatic carbocycles. The zero-order valence-corrected chi connectivity index (χ0v) is 11.0. The average molecular weight is 302 g/mol. The third-order valence-corrected chi connectivity index (χ3v) is 2.61. The summed E-state index contributed by atoms with van der Waals surface area (Å²) in [5, 5.41) is 12.8. The van der Waals surface area contributed by atoms with Crippen LogP contribution in [0.5, 0.6) is 0 Å². The highest BCUT2D eigenvalue weighted by Gasteiger charge is 2.04. The van der Waals surface area contributed by atoms with Crippen LogP contribution < -0.4 is 16.6 Å². The summed E-state index contributed by atoms with van der Waals surface area (Å²) in [6, 6.07) is 5.58. The Morgan fingerprint density at radius 3 is 2.50 bits per heavy atom. The van der Waals surface area contributed by atoms with E-state index in [2.05, 4.69) is 10.3 Å². The number of nitro benzene ring substituents is 1. The van der Waals surface area contributed by atoms with E-state index < -0.39 is 22.1 Å². The first-order valence-electron chi connectivity index (χ1n) is 6.01. The first-order chi connectivity index (χ1) is 10.5. The minimum absolute atomic E-state index is 0.0543. The van der Waals surface area contributed by atoms with E-state index in [0.717, 1.165) is 12.3 Å². The normalized spacial score (nSPS) is 10.5. The summed E-state index contributed by atoms with van der Waals surface area (Å²) in [6.45, 7) is 0. The zero-order chi connectivity index (χ0) is 16.1. The Balaban J connectivity index is 2.06. The molecule has 1 aromatic heterocycles. The van der Waals surface area contributed by atoms with Crippen molar-refractivity contribution in [1.82, 2.24) is 9.97 Å². The number of H-pyrrole nitrogens is 2. The molecule has 2 rings (SSSR count). The number of amides is 1. The van der Waals surface area contributed by atoms with Crippen molar-refractivity contribution in [3.05, 3.63) is 73.1 Å². The fourth-order valence-corrected chi connectivity index (χ4v) is 1.56. The number of non-ortho nitro benzene ring substituents is 1. The lowest BCUT2D eigenvalue weighted by molar-refractivity contribution is -0.384. The molecule has 0 aliphatic rings. The molecule has 2 aromatic rings. The predicted octanol–water partition coefficient (Wildman–Crippen LogP) is 0.623. The van der Waals surface area contributed by atoms with Crippen LogP contribution in [0.15, 0.2) is 46.1 Å². The van der Waals surface area contributed by atoms with E-state index in [1.54, 1.807) is 0 Å². The van der Waals surface area contributed by atoms with Gasteiger partial charge >= 0.3 is 5.69 Å². The van der Waals surface area contributed by atoms with Gasteiger partial charge in [0.25, 0.3) is 11.2 Å². The van der Waals surface area contributed by atoms with Gasteiger partial charge in [0.2, 0.25) is 5.91 Å². The number of nitrogens with zero attached hydrogens (tertiary/aromatic N) is 1. The van der Waals surface area contributed by atoms with E-state index in [9.17, 15) is 24.5 Å². The number of nitrogens with one attached hydrogen (secondary N) is 3. The molecule has 0 radical (unpaired) electrons. The lowest BCUT2D eigenvalue weighted by atomic mass is 10.2. The average Bonchev–Trinajstić information content (AvgIpc) is 2.48. The van der Waals surface area contributed by atoms with E-state index in [1.165, 1.54) is 30.3 Å². The van der Waals surface area contributed by atoms with Crippen molar-refractivity contribution in [3.63, 3.8) is 0 Å². The van der Waals surface area contributed by atoms with Gasteiger partial charge in [-0.05, 0) is 23.8 Å². The molecule has 0 bridgehead atoms. The fraction of sp³-hybridized carbons (Fsp3) is 0. The van der Waals surface area contributed by atoms with Crippen LogP contribution in [0.4, 0.5) is 11.4 Å². The Kier molecular flexibility index (Phi) is 4.27. The van der Waals surface area contributed by atoms with Gasteiger partial charge in [0.1, 0.15) is 5.69 Å². The molecule has 22 heavy (non-hydrogen) atoms. The minimum atomic E-state index is -0.721. The van der Waals surface area contributed by atoms with Gasteiger partial charge in [0, 0.05) is 24.4 Å². The molecule has 112 valence electrons. The molecule has 0 saturated carbocycles. The molecule has 3 N–H and O–H groups in total. The van der Waals surface area contributed by atoms with Gasteiger partial charge in [-0.1, -0.05) is 0 Å². The first kappa shape index (κ1) is 14.9. The first-order valence-corrected chi connectivity index (χ1v) is 6.01. The van der Waals surface area contributed by atoms with Crippen LogP contribution in [-0.2, 0) is 4.79 Å². The molecule has 9 nitrogen and oxygen atoms in total. The molecule has 9 heteroatoms. The third kappa shape index (κ3) is 3.76. The maximum atomic E-state index is 11.6. The molecule has 0 aliphatic heterocycles. The number of aromatic nitrogens is 2. The van der Waals surface area contributed by atoms with Gasteiger partial charge in [-0.25, -0.2) is 4.79 Å². The number of aromatic amines is 2. The van der Waals surface area contributed by atoms with Crippen LogP contribution in [0, 0.1) is 10.1 Å². The summed E-state index contributed by atoms with van der Waals surface area (Å²) in [5.74, 6) is -0.587. The Hall–Kier alpha value is -3.49. The van der Waals surface area contributed by atoms with Crippen molar-refractivity contribution >= 4 is 23.4 Å². The fourth-order valence-electron chi connectivity index (χ4n) is 1.56. The lowest BCUT2D eigenvalue weighted by Crippen LogP contribution is -2.25. The Morgan fingerprint density at radius 1 is 1.23 bits per heavy atom. The third-order valence-electron chi connectivity index (χ3n) is 2.61. The van der Waals surface area contributed by atoms with Crippen LogP contribution in [-0.4, -0.2) is 20.8 Å². The second-order valence-corrected chi connectivity index (χ2v) is 4.16. The van der Waals surface area contributed by atoms with Gasteiger partial charge in [-0.3, -0.25) is 24.7 Å². The molecule has 0 aliphatic carbocycles. The molecule has 0 spiro atoms. The Morgan fingerprint density at radius 2 is 1.91 bits per heavy atom. The van der Waals surface area contributed by atoms with Crippen molar-refractivity contribution in [2.45, 2.75) is 0 Å². The number of nitro groups is 1. The van der Waals surface area contributed by atoms with Gasteiger partial charge in [-0.2, -0.15) is 0 Å². The Labute approximate surface area is 122 Å². The highest BCUT2D eigenvalue weighted by Crippen LogP contribution is 2.12. The molecular formula is C13H10N4O5. The SMILES string of the molecule is O=C(/C=C/c1ccc([N+](=O)[O-])cc1)Nc1c[nH]c(=O)[nH]c1=O. The quantitative estimate of drug-likeness (QED) is 0.432. The number of carbonyl (C=O) groups is 1. The van der Waals surface area contributed by atoms with E-state index in [4.69, 9.17) is 0 Å². The van der Waals surface area contributed by atoms with Crippen molar-refractivity contribution in [1.29, 1.82) is 0 Å². The maximum absolute atomic E-state index is 11.6. The molecule has 1 amide bonds. The Bertz CT molecular complexity index is 848. The largest absolute Gasteiger partial charge is 0.325 e. The van der Waals surface area contributed by atoms with Crippen LogP contribution in [0.25, 0.3) is 6.08 Å². The summed E-state index contributed by atoms with van der Waals surface area (Å²) in [5.41, 5.74) is -0.972. The second kappa shape index (κ2) is 6.31. The molecule has 1 heterocycles. The van der Waals surface area contributed by atoms with Gasteiger partial charge in [0.15, 0.2) is 0 Å². The minimum Gasteiger partial charge on any atom is -0.317 e. The van der Waals surface area contributed by atoms with Crippen molar-refractivity contribution < 1.29 is 9.72 Å². The smallest absolute Gasteiger partial charge is 0.317 e. The summed E-state index contributed by atoms with van der Waals surface area (Å²) < 4.78 is 0. The molecule has 0 fully saturated rings. The summed E-state index contributed by atoms with van der Waals surface area (Å²) in [7, 11) is 0. The monoisotopic (exact) mass is 302 g/mol. The van der Waals surface area contributed by atoms with E-state index in [-0.39, 0.29) is 11.4 Å². The number of carbonyl (C=O) groups excluding carboxylic acids is 1. The van der Waals surface area contributed by atoms with Gasteiger partial charge in [-0.15, -0.1) is 0 Å². The standard InChI is InChI=1S/C13H10N4O5/c18-11(15-10-7-14-13(20)16-12(10)19)6-3-8-1-4-9(5-2-8)17(21)22/h1-7H,(H,15,18)(H2,14,16,19,20)/b6-3+. The van der Waals surface area contributed by atoms with E-state index >= 15 is 0 Å². The van der Waals surface area contributed by atoms with Crippen LogP contribution >= 0.6 is 0 Å².